The van der Waals surface area contributed by atoms with Gasteiger partial charge in [0.25, 0.3) is 0 Å². The lowest BCUT2D eigenvalue weighted by molar-refractivity contribution is -0.0328. The maximum atomic E-state index is 12.5. The summed E-state index contributed by atoms with van der Waals surface area (Å²) in [7, 11) is 0. The van der Waals surface area contributed by atoms with Crippen molar-refractivity contribution in [1.82, 2.24) is 9.97 Å². The van der Waals surface area contributed by atoms with Crippen LogP contribution in [0.3, 0.4) is 0 Å². The van der Waals surface area contributed by atoms with Crippen LogP contribution in [-0.4, -0.2) is 32.3 Å². The fraction of sp³-hybridized carbons (Fsp3) is 0.188. The molecule has 0 radical (unpaired) electrons. The number of rotatable bonds is 5. The lowest BCUT2D eigenvalue weighted by atomic mass is 10.2. The van der Waals surface area contributed by atoms with Crippen molar-refractivity contribution in [3.05, 3.63) is 36.0 Å². The topological polar surface area (TPSA) is 76.2 Å². The number of alkyl halides is 3. The van der Waals surface area contributed by atoms with Crippen LogP contribution in [0.1, 0.15) is 17.3 Å². The van der Waals surface area contributed by atoms with E-state index in [1.54, 1.807) is 0 Å². The van der Waals surface area contributed by atoms with Crippen LogP contribution in [0, 0.1) is 0 Å². The zero-order valence-corrected chi connectivity index (χ0v) is 14.8. The van der Waals surface area contributed by atoms with Crippen LogP contribution in [-0.2, 0) is 0 Å². The van der Waals surface area contributed by atoms with Crippen molar-refractivity contribution >= 4 is 40.6 Å². The molecule has 2 aromatic heterocycles. The fourth-order valence-electron chi connectivity index (χ4n) is 2.19. The summed E-state index contributed by atoms with van der Waals surface area (Å²) in [5, 5.41) is 9.09. The van der Waals surface area contributed by atoms with E-state index in [1.807, 2.05) is 6.92 Å². The van der Waals surface area contributed by atoms with E-state index in [1.165, 1.54) is 42.2 Å². The Hall–Kier alpha value is -2.20. The number of nitrogens with zero attached hydrogens (tertiary/aromatic N) is 2. The third-order valence-corrected chi connectivity index (χ3v) is 4.83. The van der Waals surface area contributed by atoms with Gasteiger partial charge in [-0.05, 0) is 41.8 Å². The maximum absolute atomic E-state index is 12.5. The summed E-state index contributed by atoms with van der Waals surface area (Å²) in [6, 6.07) is 5.48. The van der Waals surface area contributed by atoms with Crippen LogP contribution in [0.4, 0.5) is 13.2 Å². The lowest BCUT2D eigenvalue weighted by Crippen LogP contribution is -1.99. The van der Waals surface area contributed by atoms with E-state index in [0.29, 0.717) is 21.9 Å². The molecule has 0 unspecified atom stereocenters. The van der Waals surface area contributed by atoms with E-state index in [4.69, 9.17) is 9.52 Å². The van der Waals surface area contributed by atoms with Gasteiger partial charge in [-0.1, -0.05) is 6.92 Å². The van der Waals surface area contributed by atoms with Gasteiger partial charge in [0.05, 0.1) is 5.56 Å². The second kappa shape index (κ2) is 7.20. The van der Waals surface area contributed by atoms with Gasteiger partial charge in [-0.15, -0.1) is 11.8 Å². The van der Waals surface area contributed by atoms with Crippen molar-refractivity contribution in [2.24, 2.45) is 0 Å². The summed E-state index contributed by atoms with van der Waals surface area (Å²) in [5.41, 5.74) is -3.42. The van der Waals surface area contributed by atoms with E-state index >= 15 is 0 Å². The molecule has 0 bridgehead atoms. The molecule has 0 saturated carbocycles. The van der Waals surface area contributed by atoms with Gasteiger partial charge in [0.2, 0.25) is 5.89 Å². The molecular weight excluding hydrogens is 389 g/mol. The molecule has 0 saturated heterocycles. The number of carbonyl (C=O) groups is 1. The van der Waals surface area contributed by atoms with Crippen LogP contribution in [0.25, 0.3) is 22.7 Å². The van der Waals surface area contributed by atoms with E-state index in [2.05, 4.69) is 9.97 Å². The van der Waals surface area contributed by atoms with Crippen molar-refractivity contribution in [2.75, 3.05) is 5.75 Å². The lowest BCUT2D eigenvalue weighted by Gasteiger charge is -2.05. The van der Waals surface area contributed by atoms with Crippen LogP contribution < -0.4 is 0 Å². The first-order chi connectivity index (χ1) is 12.3. The van der Waals surface area contributed by atoms with Gasteiger partial charge in [-0.25, -0.2) is 14.8 Å². The molecule has 3 rings (SSSR count). The van der Waals surface area contributed by atoms with Gasteiger partial charge in [-0.2, -0.15) is 13.2 Å². The Morgan fingerprint density at radius 1 is 1.31 bits per heavy atom. The van der Waals surface area contributed by atoms with Gasteiger partial charge in [-0.3, -0.25) is 0 Å². The van der Waals surface area contributed by atoms with Crippen LogP contribution >= 0.6 is 23.5 Å². The smallest absolute Gasteiger partial charge is 0.446 e. The number of carboxylic acids is 1. The summed E-state index contributed by atoms with van der Waals surface area (Å²) in [6.07, 6.45) is 1.19. The third kappa shape index (κ3) is 4.13. The Labute approximate surface area is 154 Å². The molecule has 0 aliphatic rings. The van der Waals surface area contributed by atoms with Gasteiger partial charge in [0.15, 0.2) is 5.58 Å². The van der Waals surface area contributed by atoms with Gasteiger partial charge in [0, 0.05) is 16.0 Å². The normalized spacial score (nSPS) is 11.8. The Morgan fingerprint density at radius 3 is 2.73 bits per heavy atom. The molecule has 26 heavy (non-hydrogen) atoms. The molecule has 0 spiro atoms. The summed E-state index contributed by atoms with van der Waals surface area (Å²) in [4.78, 5) is 20.0. The number of hydrogen-bond acceptors (Lipinski definition) is 6. The van der Waals surface area contributed by atoms with E-state index < -0.39 is 11.5 Å². The number of carboxylic acid groups (broad SMARTS) is 1. The van der Waals surface area contributed by atoms with Crippen molar-refractivity contribution in [3.63, 3.8) is 0 Å². The minimum atomic E-state index is -4.39. The summed E-state index contributed by atoms with van der Waals surface area (Å²) < 4.78 is 43.1. The number of benzene rings is 1. The monoisotopic (exact) mass is 400 g/mol. The van der Waals surface area contributed by atoms with Gasteiger partial charge >= 0.3 is 11.5 Å². The second-order valence-corrected chi connectivity index (χ2v) is 7.45. The summed E-state index contributed by atoms with van der Waals surface area (Å²) >= 11 is 1.14. The van der Waals surface area contributed by atoms with E-state index in [9.17, 15) is 18.0 Å². The highest BCUT2D eigenvalue weighted by Gasteiger charge is 2.29. The number of aromatic carboxylic acids is 1. The van der Waals surface area contributed by atoms with Crippen LogP contribution in [0.15, 0.2) is 44.7 Å². The Bertz CT molecular complexity index is 973. The SMILES string of the molecule is CCSc1cc(C(=O)O)cnc1-c1nc2cc(SC(F)(F)F)ccc2o1. The van der Waals surface area contributed by atoms with Crippen molar-refractivity contribution < 1.29 is 27.5 Å². The van der Waals surface area contributed by atoms with Crippen LogP contribution in [0.2, 0.25) is 0 Å². The predicted octanol–water partition coefficient (Wildman–Crippen LogP) is 5.31. The minimum absolute atomic E-state index is 0.00203. The molecule has 1 aromatic carbocycles. The second-order valence-electron chi connectivity index (χ2n) is 5.01. The predicted molar refractivity (Wildman–Crippen MR) is 92.5 cm³/mol. The van der Waals surface area contributed by atoms with Crippen LogP contribution in [0.5, 0.6) is 0 Å². The first-order valence-electron chi connectivity index (χ1n) is 7.29. The van der Waals surface area contributed by atoms with Gasteiger partial charge in [0.1, 0.15) is 11.2 Å². The van der Waals surface area contributed by atoms with Crippen molar-refractivity contribution in [1.29, 1.82) is 0 Å². The molecule has 10 heteroatoms. The summed E-state index contributed by atoms with van der Waals surface area (Å²) in [5.74, 6) is -0.305. The standard InChI is InChI=1S/C16H11F3N2O3S2/c1-2-25-12-5-8(15(22)23)7-20-13(12)14-21-10-6-9(26-16(17,18)19)3-4-11(10)24-14/h3-7H,2H2,1H3,(H,22,23). The van der Waals surface area contributed by atoms with E-state index in [0.717, 1.165) is 0 Å². The first kappa shape index (κ1) is 18.6. The number of fused-ring (bicyclic) bond motifs is 1. The number of pyridine rings is 1. The highest BCUT2D eigenvalue weighted by molar-refractivity contribution is 8.00. The first-order valence-corrected chi connectivity index (χ1v) is 9.10. The average molecular weight is 400 g/mol. The molecule has 3 aromatic rings. The molecule has 0 atom stereocenters. The average Bonchev–Trinajstić information content (AvgIpc) is 2.96. The molecular formula is C16H11F3N2O3S2. The molecule has 0 amide bonds. The van der Waals surface area contributed by atoms with Crippen molar-refractivity contribution in [3.8, 4) is 11.6 Å². The fourth-order valence-corrected chi connectivity index (χ4v) is 3.57. The zero-order chi connectivity index (χ0) is 18.9. The highest BCUT2D eigenvalue weighted by Crippen LogP contribution is 2.38. The zero-order valence-electron chi connectivity index (χ0n) is 13.2. The minimum Gasteiger partial charge on any atom is -0.478 e. The Morgan fingerprint density at radius 2 is 2.08 bits per heavy atom. The van der Waals surface area contributed by atoms with E-state index in [-0.39, 0.29) is 33.6 Å². The Balaban J connectivity index is 2.03. The number of aromatic nitrogens is 2. The largest absolute Gasteiger partial charge is 0.478 e. The number of hydrogen-bond donors (Lipinski definition) is 1. The molecule has 0 fully saturated rings. The van der Waals surface area contributed by atoms with Crippen molar-refractivity contribution in [2.45, 2.75) is 22.2 Å². The molecule has 2 heterocycles. The van der Waals surface area contributed by atoms with Gasteiger partial charge < -0.3 is 9.52 Å². The Kier molecular flexibility index (Phi) is 5.15. The number of thioether (sulfide) groups is 2. The number of halogens is 3. The summed E-state index contributed by atoms with van der Waals surface area (Å²) in [6.45, 7) is 1.90. The highest BCUT2D eigenvalue weighted by atomic mass is 32.2. The molecule has 136 valence electrons. The molecule has 0 aliphatic heterocycles. The molecule has 0 aliphatic carbocycles. The maximum Gasteiger partial charge on any atom is 0.446 e. The quantitative estimate of drug-likeness (QED) is 0.582. The molecule has 1 N–H and O–H groups in total. The number of oxazole rings is 1. The molecule has 5 nitrogen and oxygen atoms in total. The third-order valence-electron chi connectivity index (χ3n) is 3.19.